The highest BCUT2D eigenvalue weighted by molar-refractivity contribution is 5.80. The van der Waals surface area contributed by atoms with Gasteiger partial charge < -0.3 is 14.8 Å². The zero-order chi connectivity index (χ0) is 19.2. The van der Waals surface area contributed by atoms with Crippen molar-refractivity contribution in [2.75, 3.05) is 13.2 Å². The summed E-state index contributed by atoms with van der Waals surface area (Å²) in [7, 11) is 0. The van der Waals surface area contributed by atoms with Gasteiger partial charge in [0.2, 0.25) is 0 Å². The van der Waals surface area contributed by atoms with E-state index in [1.807, 2.05) is 49.4 Å². The van der Waals surface area contributed by atoms with Crippen LogP contribution in [-0.4, -0.2) is 25.2 Å². The van der Waals surface area contributed by atoms with Crippen molar-refractivity contribution in [3.8, 4) is 11.5 Å². The standard InChI is InChI=1S/C22H29NO3/c1-16-10-6-8-12-19(16)26-17(2)21(24)23-14-15-25-20-13-9-7-11-18(20)22(3,4)5/h6-13,17H,14-15H2,1-5H3,(H,23,24)/t17-/m0/s1. The number of hydrogen-bond donors (Lipinski definition) is 1. The van der Waals surface area contributed by atoms with E-state index < -0.39 is 6.10 Å². The molecule has 0 aromatic heterocycles. The molecular weight excluding hydrogens is 326 g/mol. The van der Waals surface area contributed by atoms with Gasteiger partial charge in [0, 0.05) is 0 Å². The molecule has 0 fully saturated rings. The summed E-state index contributed by atoms with van der Waals surface area (Å²) in [5.74, 6) is 1.44. The van der Waals surface area contributed by atoms with Gasteiger partial charge in [-0.15, -0.1) is 0 Å². The fraction of sp³-hybridized carbons (Fsp3) is 0.409. The van der Waals surface area contributed by atoms with Gasteiger partial charge in [-0.25, -0.2) is 0 Å². The molecule has 1 N–H and O–H groups in total. The van der Waals surface area contributed by atoms with Gasteiger partial charge >= 0.3 is 0 Å². The van der Waals surface area contributed by atoms with Crippen LogP contribution in [0.25, 0.3) is 0 Å². The van der Waals surface area contributed by atoms with Crippen LogP contribution in [0.2, 0.25) is 0 Å². The van der Waals surface area contributed by atoms with Gasteiger partial charge in [-0.3, -0.25) is 4.79 Å². The van der Waals surface area contributed by atoms with Crippen LogP contribution >= 0.6 is 0 Å². The topological polar surface area (TPSA) is 47.6 Å². The zero-order valence-electron chi connectivity index (χ0n) is 16.3. The maximum atomic E-state index is 12.2. The molecule has 0 radical (unpaired) electrons. The Morgan fingerprint density at radius 3 is 2.31 bits per heavy atom. The van der Waals surface area contributed by atoms with Crippen LogP contribution in [0, 0.1) is 6.92 Å². The fourth-order valence-electron chi connectivity index (χ4n) is 2.62. The molecule has 2 aromatic rings. The van der Waals surface area contributed by atoms with Crippen LogP contribution < -0.4 is 14.8 Å². The van der Waals surface area contributed by atoms with E-state index in [0.717, 1.165) is 22.6 Å². The Morgan fingerprint density at radius 2 is 1.65 bits per heavy atom. The molecule has 2 aromatic carbocycles. The summed E-state index contributed by atoms with van der Waals surface area (Å²) in [5, 5.41) is 2.86. The molecule has 0 spiro atoms. The van der Waals surface area contributed by atoms with Gasteiger partial charge in [-0.05, 0) is 42.5 Å². The molecule has 1 atom stereocenters. The largest absolute Gasteiger partial charge is 0.491 e. The monoisotopic (exact) mass is 355 g/mol. The predicted octanol–water partition coefficient (Wildman–Crippen LogP) is 4.26. The second-order valence-corrected chi connectivity index (χ2v) is 7.41. The second kappa shape index (κ2) is 8.75. The number of nitrogens with one attached hydrogen (secondary N) is 1. The number of rotatable bonds is 7. The van der Waals surface area contributed by atoms with Gasteiger partial charge in [0.15, 0.2) is 6.10 Å². The number of hydrogen-bond acceptors (Lipinski definition) is 3. The van der Waals surface area contributed by atoms with Crippen LogP contribution in [0.3, 0.4) is 0 Å². The van der Waals surface area contributed by atoms with Gasteiger partial charge in [-0.1, -0.05) is 57.2 Å². The SMILES string of the molecule is Cc1ccccc1O[C@@H](C)C(=O)NCCOc1ccccc1C(C)(C)C. The number of para-hydroxylation sites is 2. The highest BCUT2D eigenvalue weighted by atomic mass is 16.5. The number of ether oxygens (including phenoxy) is 2. The van der Waals surface area contributed by atoms with Crippen molar-refractivity contribution in [2.24, 2.45) is 0 Å². The summed E-state index contributed by atoms with van der Waals surface area (Å²) in [6, 6.07) is 15.7. The van der Waals surface area contributed by atoms with Gasteiger partial charge in [0.25, 0.3) is 5.91 Å². The Balaban J connectivity index is 1.81. The maximum Gasteiger partial charge on any atom is 0.260 e. The lowest BCUT2D eigenvalue weighted by atomic mass is 9.86. The molecule has 0 bridgehead atoms. The van der Waals surface area contributed by atoms with Crippen LogP contribution in [0.1, 0.15) is 38.8 Å². The average molecular weight is 355 g/mol. The Kier molecular flexibility index (Phi) is 6.67. The van der Waals surface area contributed by atoms with Crippen molar-refractivity contribution >= 4 is 5.91 Å². The third-order valence-electron chi connectivity index (χ3n) is 4.12. The van der Waals surface area contributed by atoms with Crippen molar-refractivity contribution in [3.63, 3.8) is 0 Å². The van der Waals surface area contributed by atoms with Gasteiger partial charge in [0.05, 0.1) is 6.54 Å². The first-order valence-corrected chi connectivity index (χ1v) is 9.01. The van der Waals surface area contributed by atoms with Crippen molar-refractivity contribution in [1.29, 1.82) is 0 Å². The predicted molar refractivity (Wildman–Crippen MR) is 105 cm³/mol. The molecule has 4 nitrogen and oxygen atoms in total. The highest BCUT2D eigenvalue weighted by Crippen LogP contribution is 2.30. The second-order valence-electron chi connectivity index (χ2n) is 7.41. The molecule has 26 heavy (non-hydrogen) atoms. The minimum absolute atomic E-state index is 0.00966. The van der Waals surface area contributed by atoms with Gasteiger partial charge in [-0.2, -0.15) is 0 Å². The van der Waals surface area contributed by atoms with Crippen molar-refractivity contribution in [1.82, 2.24) is 5.32 Å². The summed E-state index contributed by atoms with van der Waals surface area (Å²) in [5.41, 5.74) is 2.17. The smallest absolute Gasteiger partial charge is 0.260 e. The van der Waals surface area contributed by atoms with E-state index in [2.05, 4.69) is 32.2 Å². The van der Waals surface area contributed by atoms with Gasteiger partial charge in [0.1, 0.15) is 18.1 Å². The number of amides is 1. The Morgan fingerprint density at radius 1 is 1.04 bits per heavy atom. The van der Waals surface area contributed by atoms with Crippen LogP contribution in [0.4, 0.5) is 0 Å². The maximum absolute atomic E-state index is 12.2. The third-order valence-corrected chi connectivity index (χ3v) is 4.12. The number of carbonyl (C=O) groups is 1. The van der Waals surface area contributed by atoms with Crippen LogP contribution in [-0.2, 0) is 10.2 Å². The first kappa shape index (κ1) is 19.8. The summed E-state index contributed by atoms with van der Waals surface area (Å²) in [4.78, 5) is 12.2. The molecule has 4 heteroatoms. The molecule has 0 aliphatic rings. The molecule has 0 saturated heterocycles. The normalized spacial score (nSPS) is 12.3. The first-order valence-electron chi connectivity index (χ1n) is 9.01. The fourth-order valence-corrected chi connectivity index (χ4v) is 2.62. The molecule has 0 aliphatic carbocycles. The zero-order valence-corrected chi connectivity index (χ0v) is 16.3. The lowest BCUT2D eigenvalue weighted by Crippen LogP contribution is -2.38. The van der Waals surface area contributed by atoms with E-state index in [-0.39, 0.29) is 11.3 Å². The van der Waals surface area contributed by atoms with E-state index >= 15 is 0 Å². The van der Waals surface area contributed by atoms with Crippen molar-refractivity contribution in [3.05, 3.63) is 59.7 Å². The van der Waals surface area contributed by atoms with Crippen LogP contribution in [0.15, 0.2) is 48.5 Å². The minimum Gasteiger partial charge on any atom is -0.491 e. The number of aryl methyl sites for hydroxylation is 1. The summed E-state index contributed by atoms with van der Waals surface area (Å²) >= 11 is 0. The number of carbonyl (C=O) groups excluding carboxylic acids is 1. The van der Waals surface area contributed by atoms with Crippen molar-refractivity contribution in [2.45, 2.75) is 46.1 Å². The van der Waals surface area contributed by atoms with Crippen LogP contribution in [0.5, 0.6) is 11.5 Å². The molecule has 2 rings (SSSR count). The van der Waals surface area contributed by atoms with E-state index in [1.54, 1.807) is 6.92 Å². The highest BCUT2D eigenvalue weighted by Gasteiger charge is 2.18. The van der Waals surface area contributed by atoms with E-state index in [0.29, 0.717) is 13.2 Å². The molecule has 0 saturated carbocycles. The number of benzene rings is 2. The Labute approximate surface area is 156 Å². The summed E-state index contributed by atoms with van der Waals surface area (Å²) in [6.45, 7) is 11.0. The molecular formula is C22H29NO3. The van der Waals surface area contributed by atoms with E-state index in [1.165, 1.54) is 0 Å². The Hall–Kier alpha value is -2.49. The van der Waals surface area contributed by atoms with E-state index in [9.17, 15) is 4.79 Å². The Bertz CT molecular complexity index is 734. The summed E-state index contributed by atoms with van der Waals surface area (Å²) in [6.07, 6.45) is -0.557. The molecule has 0 heterocycles. The van der Waals surface area contributed by atoms with E-state index in [4.69, 9.17) is 9.47 Å². The third kappa shape index (κ3) is 5.51. The molecule has 1 amide bonds. The quantitative estimate of drug-likeness (QED) is 0.755. The molecule has 140 valence electrons. The first-order chi connectivity index (χ1) is 12.3. The summed E-state index contributed by atoms with van der Waals surface area (Å²) < 4.78 is 11.6. The average Bonchev–Trinajstić information content (AvgIpc) is 2.60. The van der Waals surface area contributed by atoms with Crippen molar-refractivity contribution < 1.29 is 14.3 Å². The minimum atomic E-state index is -0.557. The molecule has 0 unspecified atom stereocenters. The lowest BCUT2D eigenvalue weighted by molar-refractivity contribution is -0.127. The lowest BCUT2D eigenvalue weighted by Gasteiger charge is -2.22. The molecule has 0 aliphatic heterocycles.